The van der Waals surface area contributed by atoms with Crippen LogP contribution < -0.4 is 20.1 Å². The van der Waals surface area contributed by atoms with Gasteiger partial charge in [-0.1, -0.05) is 41.9 Å². The van der Waals surface area contributed by atoms with Gasteiger partial charge < -0.3 is 14.4 Å². The third-order valence-corrected chi connectivity index (χ3v) is 7.16. The molecule has 0 radical (unpaired) electrons. The maximum atomic E-state index is 13.8. The number of amides is 1. The molecule has 1 amide bonds. The van der Waals surface area contributed by atoms with Gasteiger partial charge in [-0.15, -0.1) is 0 Å². The van der Waals surface area contributed by atoms with Gasteiger partial charge in [0.15, 0.2) is 0 Å². The van der Waals surface area contributed by atoms with E-state index in [9.17, 15) is 18.0 Å². The predicted molar refractivity (Wildman–Crippen MR) is 147 cm³/mol. The molecule has 0 bridgehead atoms. The number of halogens is 4. The fourth-order valence-electron chi connectivity index (χ4n) is 5.11. The number of alkyl halides is 3. The van der Waals surface area contributed by atoms with Crippen LogP contribution in [0.4, 0.5) is 24.5 Å². The van der Waals surface area contributed by atoms with Crippen LogP contribution in [0.5, 0.6) is 5.75 Å². The first-order valence-corrected chi connectivity index (χ1v) is 13.1. The van der Waals surface area contributed by atoms with Crippen molar-refractivity contribution in [2.75, 3.05) is 49.4 Å². The van der Waals surface area contributed by atoms with Gasteiger partial charge in [0.1, 0.15) is 12.4 Å². The summed E-state index contributed by atoms with van der Waals surface area (Å²) in [6, 6.07) is 16.2. The summed E-state index contributed by atoms with van der Waals surface area (Å²) in [7, 11) is 0. The number of fused-ring (bicyclic) bond motifs is 2. The van der Waals surface area contributed by atoms with Gasteiger partial charge in [-0.3, -0.25) is 20.2 Å². The molecule has 2 aliphatic heterocycles. The number of carbonyl (C=O) groups excluding carboxylic acids is 1. The zero-order valence-electron chi connectivity index (χ0n) is 21.2. The minimum atomic E-state index is -4.56. The fraction of sp³-hybridized carbons (Fsp3) is 0.241. The summed E-state index contributed by atoms with van der Waals surface area (Å²) in [5.74, 6) is 0.309. The lowest BCUT2D eigenvalue weighted by Crippen LogP contribution is -2.47. The molecule has 11 heteroatoms. The van der Waals surface area contributed by atoms with E-state index < -0.39 is 11.7 Å². The van der Waals surface area contributed by atoms with Crippen molar-refractivity contribution in [3.8, 4) is 16.9 Å². The van der Waals surface area contributed by atoms with Gasteiger partial charge in [-0.2, -0.15) is 13.2 Å². The molecule has 40 heavy (non-hydrogen) atoms. The number of hydrazine groups is 1. The summed E-state index contributed by atoms with van der Waals surface area (Å²) in [4.78, 5) is 20.4. The molecular formula is C29H24ClF3N4O3. The maximum Gasteiger partial charge on any atom is 0.416 e. The SMILES string of the molecule is O=C(NN1CCOc2ccccc21)c1cnc2c(-c3cc(Cl)cc(C(F)(F)F)c3)cccc2c1N1CCOCC1. The van der Waals surface area contributed by atoms with Gasteiger partial charge >= 0.3 is 6.18 Å². The molecule has 4 aromatic rings. The van der Waals surface area contributed by atoms with Crippen LogP contribution in [-0.2, 0) is 10.9 Å². The Bertz CT molecular complexity index is 1590. The van der Waals surface area contributed by atoms with Crippen LogP contribution in [0.25, 0.3) is 22.0 Å². The van der Waals surface area contributed by atoms with Crippen LogP contribution in [0.3, 0.4) is 0 Å². The van der Waals surface area contributed by atoms with Crippen LogP contribution >= 0.6 is 11.6 Å². The zero-order chi connectivity index (χ0) is 27.9. The molecule has 206 valence electrons. The molecule has 3 heterocycles. The van der Waals surface area contributed by atoms with Gasteiger partial charge in [0, 0.05) is 35.3 Å². The Balaban J connectivity index is 1.46. The van der Waals surface area contributed by atoms with Gasteiger partial charge in [0.2, 0.25) is 0 Å². The monoisotopic (exact) mass is 568 g/mol. The maximum absolute atomic E-state index is 13.8. The Morgan fingerprint density at radius 2 is 1.77 bits per heavy atom. The number of ether oxygens (including phenoxy) is 2. The van der Waals surface area contributed by atoms with Crippen molar-refractivity contribution in [2.24, 2.45) is 0 Å². The highest BCUT2D eigenvalue weighted by Crippen LogP contribution is 2.39. The molecule has 1 aromatic heterocycles. The first-order chi connectivity index (χ1) is 19.3. The number of nitrogens with one attached hydrogen (secondary N) is 1. The van der Waals surface area contributed by atoms with E-state index >= 15 is 0 Å². The van der Waals surface area contributed by atoms with Crippen LogP contribution in [0.1, 0.15) is 15.9 Å². The van der Waals surface area contributed by atoms with Crippen LogP contribution in [0, 0.1) is 0 Å². The van der Waals surface area contributed by atoms with Crippen molar-refractivity contribution < 1.29 is 27.4 Å². The number of morpholine rings is 1. The Morgan fingerprint density at radius 3 is 2.58 bits per heavy atom. The van der Waals surface area contributed by atoms with E-state index in [0.717, 1.165) is 17.8 Å². The molecule has 1 saturated heterocycles. The lowest BCUT2D eigenvalue weighted by atomic mass is 9.97. The highest BCUT2D eigenvalue weighted by atomic mass is 35.5. The van der Waals surface area contributed by atoms with Crippen LogP contribution in [0.15, 0.2) is 66.9 Å². The molecule has 0 aliphatic carbocycles. The summed E-state index contributed by atoms with van der Waals surface area (Å²) in [5.41, 5.74) is 5.11. The molecule has 3 aromatic carbocycles. The lowest BCUT2D eigenvalue weighted by Gasteiger charge is -2.33. The Labute approximate surface area is 233 Å². The predicted octanol–water partition coefficient (Wildman–Crippen LogP) is 5.95. The second-order valence-corrected chi connectivity index (χ2v) is 9.89. The van der Waals surface area contributed by atoms with Gasteiger partial charge in [0.05, 0.1) is 47.8 Å². The average molecular weight is 569 g/mol. The Morgan fingerprint density at radius 1 is 0.975 bits per heavy atom. The second-order valence-electron chi connectivity index (χ2n) is 9.46. The smallest absolute Gasteiger partial charge is 0.416 e. The van der Waals surface area contributed by atoms with Crippen molar-refractivity contribution in [3.63, 3.8) is 0 Å². The minimum absolute atomic E-state index is 0.0305. The standard InChI is InChI=1S/C29H24ClF3N4O3/c30-20-15-18(14-19(16-20)29(31,32)33)21-4-3-5-22-26(21)34-17-23(27(22)36-8-11-39-12-9-36)28(38)35-37-10-13-40-25-7-2-1-6-24(25)37/h1-7,14-17H,8-13H2,(H,35,38). The molecule has 7 nitrogen and oxygen atoms in total. The number of benzene rings is 3. The van der Waals surface area contributed by atoms with Crippen LogP contribution in [0.2, 0.25) is 5.02 Å². The molecule has 1 N–H and O–H groups in total. The molecule has 0 atom stereocenters. The van der Waals surface area contributed by atoms with Crippen molar-refractivity contribution in [3.05, 3.63) is 83.0 Å². The number of rotatable bonds is 4. The number of hydrogen-bond donors (Lipinski definition) is 1. The molecule has 0 saturated carbocycles. The third kappa shape index (κ3) is 5.00. The number of nitrogens with zero attached hydrogens (tertiary/aromatic N) is 3. The van der Waals surface area contributed by atoms with E-state index in [0.29, 0.717) is 72.9 Å². The van der Waals surface area contributed by atoms with Crippen LogP contribution in [-0.4, -0.2) is 50.3 Å². The fourth-order valence-corrected chi connectivity index (χ4v) is 5.35. The summed E-state index contributed by atoms with van der Waals surface area (Å²) >= 11 is 6.10. The second kappa shape index (κ2) is 10.5. The van der Waals surface area contributed by atoms with E-state index in [2.05, 4.69) is 15.3 Å². The Hall–Kier alpha value is -4.02. The zero-order valence-corrected chi connectivity index (χ0v) is 21.9. The summed E-state index contributed by atoms with van der Waals surface area (Å²) in [6.45, 7) is 2.90. The topological polar surface area (TPSA) is 66.9 Å². The van der Waals surface area contributed by atoms with E-state index in [1.165, 1.54) is 12.3 Å². The molecule has 6 rings (SSSR count). The number of carbonyl (C=O) groups is 1. The van der Waals surface area contributed by atoms with Gasteiger partial charge in [0.25, 0.3) is 5.91 Å². The number of pyridine rings is 1. The number of anilines is 2. The average Bonchev–Trinajstić information content (AvgIpc) is 2.96. The first kappa shape index (κ1) is 26.2. The first-order valence-electron chi connectivity index (χ1n) is 12.7. The summed E-state index contributed by atoms with van der Waals surface area (Å²) < 4.78 is 51.9. The molecular weight excluding hydrogens is 545 g/mol. The van der Waals surface area contributed by atoms with E-state index in [4.69, 9.17) is 21.1 Å². The highest BCUT2D eigenvalue weighted by Gasteiger charge is 2.32. The largest absolute Gasteiger partial charge is 0.489 e. The number of para-hydroxylation sites is 3. The van der Waals surface area contributed by atoms with Gasteiger partial charge in [-0.05, 0) is 35.9 Å². The minimum Gasteiger partial charge on any atom is -0.489 e. The van der Waals surface area contributed by atoms with E-state index in [-0.39, 0.29) is 16.5 Å². The van der Waals surface area contributed by atoms with Crippen molar-refractivity contribution >= 4 is 39.8 Å². The normalized spacial score (nSPS) is 15.5. The summed E-state index contributed by atoms with van der Waals surface area (Å²) in [5, 5.41) is 2.36. The van der Waals surface area contributed by atoms with Crippen molar-refractivity contribution in [1.82, 2.24) is 10.4 Å². The third-order valence-electron chi connectivity index (χ3n) is 6.94. The van der Waals surface area contributed by atoms with Gasteiger partial charge in [-0.25, -0.2) is 0 Å². The highest BCUT2D eigenvalue weighted by molar-refractivity contribution is 6.31. The molecule has 2 aliphatic rings. The van der Waals surface area contributed by atoms with Crippen molar-refractivity contribution in [2.45, 2.75) is 6.18 Å². The van der Waals surface area contributed by atoms with E-state index in [1.807, 2.05) is 30.3 Å². The van der Waals surface area contributed by atoms with Crippen molar-refractivity contribution in [1.29, 1.82) is 0 Å². The Kier molecular flexibility index (Phi) is 6.89. The number of aromatic nitrogens is 1. The van der Waals surface area contributed by atoms with E-state index in [1.54, 1.807) is 17.1 Å². The molecule has 0 unspecified atom stereocenters. The number of hydrogen-bond acceptors (Lipinski definition) is 6. The molecule has 0 spiro atoms. The molecule has 1 fully saturated rings. The summed E-state index contributed by atoms with van der Waals surface area (Å²) in [6.07, 6.45) is -3.08. The lowest BCUT2D eigenvalue weighted by molar-refractivity contribution is -0.137. The quantitative estimate of drug-likeness (QED) is 0.328.